The topological polar surface area (TPSA) is 123 Å². The fourth-order valence-electron chi connectivity index (χ4n) is 3.87. The maximum Gasteiger partial charge on any atom is 0.273 e. The van der Waals surface area contributed by atoms with Crippen LogP contribution in [-0.4, -0.2) is 34.7 Å². The van der Waals surface area contributed by atoms with Gasteiger partial charge in [0.15, 0.2) is 17.3 Å². The van der Waals surface area contributed by atoms with Gasteiger partial charge in [0.1, 0.15) is 23.9 Å². The predicted octanol–water partition coefficient (Wildman–Crippen LogP) is 3.43. The number of nitrogens with zero attached hydrogens (tertiary/aromatic N) is 7. The van der Waals surface area contributed by atoms with Crippen molar-refractivity contribution in [3.63, 3.8) is 0 Å². The second-order valence-electron chi connectivity index (χ2n) is 8.07. The van der Waals surface area contributed by atoms with Gasteiger partial charge in [-0.05, 0) is 62.4 Å². The fraction of sp³-hybridized carbons (Fsp3) is 0.120. The average molecular weight is 464 g/mol. The molecular formula is C25H20N8O2. The largest absolute Gasteiger partial charge is 0.351 e. The van der Waals surface area contributed by atoms with Gasteiger partial charge in [-0.2, -0.15) is 10.4 Å². The van der Waals surface area contributed by atoms with E-state index in [9.17, 15) is 14.9 Å². The lowest BCUT2D eigenvalue weighted by Gasteiger charge is -2.12. The minimum absolute atomic E-state index is 0.131. The highest BCUT2D eigenvalue weighted by atomic mass is 16.1. The summed E-state index contributed by atoms with van der Waals surface area (Å²) < 4.78 is 4.81. The van der Waals surface area contributed by atoms with Crippen LogP contribution in [-0.2, 0) is 7.05 Å². The highest BCUT2D eigenvalue weighted by molar-refractivity contribution is 5.97. The standard InChI is InChI=1S/C25H20N8O2/c1-15-11-18(13-26)30-33(15)24-19(16(2)34)7-9-23(29-24)32-14-27-21-12-17(6-8-22(21)32)28-20-5-4-10-31(3)25(20)35/h4-12,14,28H,1-3H3. The average Bonchev–Trinajstić information content (AvgIpc) is 3.44. The summed E-state index contributed by atoms with van der Waals surface area (Å²) in [5.74, 6) is 0.721. The van der Waals surface area contributed by atoms with E-state index in [0.717, 1.165) is 11.2 Å². The molecule has 10 heteroatoms. The number of aromatic nitrogens is 6. The summed E-state index contributed by atoms with van der Waals surface area (Å²) in [6.07, 6.45) is 3.34. The molecule has 0 fully saturated rings. The summed E-state index contributed by atoms with van der Waals surface area (Å²) in [4.78, 5) is 33.8. The van der Waals surface area contributed by atoms with Crippen molar-refractivity contribution < 1.29 is 4.79 Å². The molecule has 5 aromatic rings. The van der Waals surface area contributed by atoms with Crippen LogP contribution in [0.1, 0.15) is 28.7 Å². The Morgan fingerprint density at radius 3 is 2.71 bits per heavy atom. The van der Waals surface area contributed by atoms with Crippen LogP contribution in [0.5, 0.6) is 0 Å². The normalized spacial score (nSPS) is 10.9. The predicted molar refractivity (Wildman–Crippen MR) is 130 cm³/mol. The number of Topliss-reactive ketones (excluding diaryl/α,β-unsaturated/α-hetero) is 1. The van der Waals surface area contributed by atoms with E-state index in [1.165, 1.54) is 16.2 Å². The van der Waals surface area contributed by atoms with E-state index < -0.39 is 0 Å². The van der Waals surface area contributed by atoms with Crippen molar-refractivity contribution in [1.29, 1.82) is 5.26 Å². The molecule has 0 aliphatic heterocycles. The van der Waals surface area contributed by atoms with Crippen LogP contribution in [0.2, 0.25) is 0 Å². The van der Waals surface area contributed by atoms with Crippen LogP contribution in [0.4, 0.5) is 11.4 Å². The van der Waals surface area contributed by atoms with Crippen LogP contribution in [0, 0.1) is 18.3 Å². The Kier molecular flexibility index (Phi) is 5.22. The minimum Gasteiger partial charge on any atom is -0.351 e. The van der Waals surface area contributed by atoms with Gasteiger partial charge in [-0.3, -0.25) is 14.2 Å². The second kappa shape index (κ2) is 8.39. The highest BCUT2D eigenvalue weighted by Gasteiger charge is 2.17. The van der Waals surface area contributed by atoms with Crippen molar-refractivity contribution in [2.24, 2.45) is 7.05 Å². The number of benzene rings is 1. The third kappa shape index (κ3) is 3.85. The van der Waals surface area contributed by atoms with Crippen molar-refractivity contribution in [2.45, 2.75) is 13.8 Å². The van der Waals surface area contributed by atoms with E-state index in [2.05, 4.69) is 15.4 Å². The first-order valence-corrected chi connectivity index (χ1v) is 10.7. The maximum atomic E-state index is 12.3. The molecule has 0 bridgehead atoms. The first-order chi connectivity index (χ1) is 16.9. The van der Waals surface area contributed by atoms with Crippen LogP contribution >= 0.6 is 0 Å². The molecule has 1 aromatic carbocycles. The van der Waals surface area contributed by atoms with Crippen LogP contribution < -0.4 is 10.9 Å². The van der Waals surface area contributed by atoms with E-state index in [0.29, 0.717) is 34.1 Å². The van der Waals surface area contributed by atoms with E-state index in [1.54, 1.807) is 61.4 Å². The Bertz CT molecular complexity index is 1720. The number of fused-ring (bicyclic) bond motifs is 1. The van der Waals surface area contributed by atoms with E-state index >= 15 is 0 Å². The molecule has 0 aliphatic rings. The lowest BCUT2D eigenvalue weighted by molar-refractivity contribution is 0.101. The molecule has 0 saturated carbocycles. The number of imidazole rings is 1. The number of aryl methyl sites for hydroxylation is 2. The second-order valence-corrected chi connectivity index (χ2v) is 8.07. The molecule has 4 heterocycles. The third-order valence-corrected chi connectivity index (χ3v) is 5.64. The third-order valence-electron chi connectivity index (χ3n) is 5.64. The van der Waals surface area contributed by atoms with Crippen molar-refractivity contribution in [1.82, 2.24) is 28.9 Å². The molecule has 172 valence electrons. The number of anilines is 2. The smallest absolute Gasteiger partial charge is 0.273 e. The van der Waals surface area contributed by atoms with Gasteiger partial charge in [-0.15, -0.1) is 0 Å². The number of nitrogens with one attached hydrogen (secondary N) is 1. The molecule has 0 saturated heterocycles. The van der Waals surface area contributed by atoms with Crippen molar-refractivity contribution in [2.75, 3.05) is 5.32 Å². The fourth-order valence-corrected chi connectivity index (χ4v) is 3.87. The van der Waals surface area contributed by atoms with Gasteiger partial charge in [0, 0.05) is 24.6 Å². The van der Waals surface area contributed by atoms with Gasteiger partial charge in [0.05, 0.1) is 16.6 Å². The number of hydrogen-bond donors (Lipinski definition) is 1. The summed E-state index contributed by atoms with van der Waals surface area (Å²) in [7, 11) is 1.70. The molecule has 5 rings (SSSR count). The molecule has 0 radical (unpaired) electrons. The molecule has 35 heavy (non-hydrogen) atoms. The summed E-state index contributed by atoms with van der Waals surface area (Å²) in [6, 6.07) is 16.2. The first kappa shape index (κ1) is 21.8. The van der Waals surface area contributed by atoms with E-state index in [4.69, 9.17) is 4.98 Å². The minimum atomic E-state index is -0.161. The Hall–Kier alpha value is -5.04. The number of ketones is 1. The lowest BCUT2D eigenvalue weighted by atomic mass is 10.2. The molecule has 0 atom stereocenters. The summed E-state index contributed by atoms with van der Waals surface area (Å²) in [5, 5.41) is 16.6. The maximum absolute atomic E-state index is 12.3. The highest BCUT2D eigenvalue weighted by Crippen LogP contribution is 2.24. The molecule has 4 aromatic heterocycles. The van der Waals surface area contributed by atoms with Crippen LogP contribution in [0.25, 0.3) is 22.7 Å². The van der Waals surface area contributed by atoms with Crippen molar-refractivity contribution in [3.8, 4) is 17.7 Å². The SMILES string of the molecule is CC(=O)c1ccc(-n2cnc3cc(Nc4cccn(C)c4=O)ccc32)nc1-n1nc(C#N)cc1C. The van der Waals surface area contributed by atoms with E-state index in [-0.39, 0.29) is 17.0 Å². The molecule has 0 amide bonds. The number of carbonyl (C=O) groups excluding carboxylic acids is 1. The number of nitriles is 1. The molecule has 0 aliphatic carbocycles. The molecule has 10 nitrogen and oxygen atoms in total. The van der Waals surface area contributed by atoms with E-state index in [1.807, 2.05) is 24.3 Å². The van der Waals surface area contributed by atoms with Gasteiger partial charge < -0.3 is 9.88 Å². The van der Waals surface area contributed by atoms with Gasteiger partial charge in [0.2, 0.25) is 0 Å². The van der Waals surface area contributed by atoms with Crippen molar-refractivity contribution >= 4 is 28.2 Å². The molecule has 0 spiro atoms. The number of hydrogen-bond acceptors (Lipinski definition) is 7. The summed E-state index contributed by atoms with van der Waals surface area (Å²) >= 11 is 0. The summed E-state index contributed by atoms with van der Waals surface area (Å²) in [6.45, 7) is 3.26. The van der Waals surface area contributed by atoms with Gasteiger partial charge >= 0.3 is 0 Å². The Morgan fingerprint density at radius 1 is 1.14 bits per heavy atom. The molecular weight excluding hydrogens is 444 g/mol. The van der Waals surface area contributed by atoms with Gasteiger partial charge in [-0.1, -0.05) is 0 Å². The zero-order valence-corrected chi connectivity index (χ0v) is 19.2. The monoisotopic (exact) mass is 464 g/mol. The summed E-state index contributed by atoms with van der Waals surface area (Å²) in [5.41, 5.74) is 3.87. The lowest BCUT2D eigenvalue weighted by Crippen LogP contribution is -2.18. The van der Waals surface area contributed by atoms with Crippen molar-refractivity contribution in [3.05, 3.63) is 88.4 Å². The van der Waals surface area contributed by atoms with Gasteiger partial charge in [-0.25, -0.2) is 14.6 Å². The number of rotatable bonds is 5. The zero-order valence-electron chi connectivity index (χ0n) is 19.2. The van der Waals surface area contributed by atoms with Gasteiger partial charge in [0.25, 0.3) is 5.56 Å². The first-order valence-electron chi connectivity index (χ1n) is 10.7. The zero-order chi connectivity index (χ0) is 24.7. The Balaban J connectivity index is 1.57. The Morgan fingerprint density at radius 2 is 1.97 bits per heavy atom. The number of carbonyl (C=O) groups is 1. The van der Waals surface area contributed by atoms with Crippen LogP contribution in [0.15, 0.2) is 65.8 Å². The number of pyridine rings is 2. The molecule has 0 unspecified atom stereocenters. The van der Waals surface area contributed by atoms with Crippen LogP contribution in [0.3, 0.4) is 0 Å². The Labute approximate surface area is 199 Å². The quantitative estimate of drug-likeness (QED) is 0.395. The molecule has 1 N–H and O–H groups in total.